The van der Waals surface area contributed by atoms with Crippen molar-refractivity contribution >= 4 is 0 Å². The topological polar surface area (TPSA) is 78.9 Å². The van der Waals surface area contributed by atoms with Crippen LogP contribution in [-0.2, 0) is 11.3 Å². The second-order valence-corrected chi connectivity index (χ2v) is 5.70. The Morgan fingerprint density at radius 1 is 1.30 bits per heavy atom. The zero-order valence-corrected chi connectivity index (χ0v) is 12.8. The van der Waals surface area contributed by atoms with E-state index in [-0.39, 0.29) is 6.10 Å². The molecule has 0 spiro atoms. The van der Waals surface area contributed by atoms with E-state index in [4.69, 9.17) is 9.26 Å². The van der Waals surface area contributed by atoms with Gasteiger partial charge in [0.2, 0.25) is 5.82 Å². The second kappa shape index (κ2) is 5.92. The van der Waals surface area contributed by atoms with E-state index >= 15 is 0 Å². The minimum Gasteiger partial charge on any atom is -0.376 e. The summed E-state index contributed by atoms with van der Waals surface area (Å²) in [5.41, 5.74) is 2.63. The third-order valence-electron chi connectivity index (χ3n) is 3.98. The Hall–Kier alpha value is -2.54. The van der Waals surface area contributed by atoms with E-state index in [9.17, 15) is 0 Å². The molecule has 1 aromatic carbocycles. The lowest BCUT2D eigenvalue weighted by molar-refractivity contribution is 0.0935. The van der Waals surface area contributed by atoms with Crippen LogP contribution in [0, 0.1) is 6.92 Å². The van der Waals surface area contributed by atoms with Crippen LogP contribution in [0.1, 0.15) is 18.4 Å². The van der Waals surface area contributed by atoms with E-state index in [1.54, 1.807) is 4.68 Å². The average Bonchev–Trinajstić information content (AvgIpc) is 3.29. The lowest BCUT2D eigenvalue weighted by Crippen LogP contribution is -2.15. The van der Waals surface area contributed by atoms with Crippen molar-refractivity contribution in [2.45, 2.75) is 32.4 Å². The predicted molar refractivity (Wildman–Crippen MR) is 82.5 cm³/mol. The van der Waals surface area contributed by atoms with Gasteiger partial charge in [-0.15, -0.1) is 5.10 Å². The maximum atomic E-state index is 5.61. The smallest absolute Gasteiger partial charge is 0.280 e. The van der Waals surface area contributed by atoms with Crippen LogP contribution in [0.5, 0.6) is 0 Å². The number of rotatable bonds is 4. The molecule has 0 N–H and O–H groups in total. The van der Waals surface area contributed by atoms with Crippen molar-refractivity contribution in [2.75, 3.05) is 6.61 Å². The molecule has 3 aromatic rings. The molecule has 7 heteroatoms. The van der Waals surface area contributed by atoms with Gasteiger partial charge in [-0.25, -0.2) is 4.68 Å². The van der Waals surface area contributed by atoms with Gasteiger partial charge in [0.25, 0.3) is 5.89 Å². The Bertz CT molecular complexity index is 804. The molecule has 2 aromatic heterocycles. The minimum atomic E-state index is 0.217. The maximum Gasteiger partial charge on any atom is 0.280 e. The van der Waals surface area contributed by atoms with Crippen LogP contribution in [0.15, 0.2) is 35.0 Å². The highest BCUT2D eigenvalue weighted by molar-refractivity contribution is 5.61. The van der Waals surface area contributed by atoms with E-state index in [1.807, 2.05) is 37.4 Å². The van der Waals surface area contributed by atoms with Gasteiger partial charge in [-0.3, -0.25) is 0 Å². The molecule has 3 heterocycles. The summed E-state index contributed by atoms with van der Waals surface area (Å²) in [5, 5.41) is 12.3. The predicted octanol–water partition coefficient (Wildman–Crippen LogP) is 2.48. The number of ether oxygens (including phenoxy) is 1. The number of hydrogen-bond acceptors (Lipinski definition) is 6. The SMILES string of the molecule is Cc1ccccc1-c1noc(-c2cn(CC3CCCO3)nn2)n1. The number of hydrogen-bond donors (Lipinski definition) is 0. The third kappa shape index (κ3) is 2.87. The highest BCUT2D eigenvalue weighted by atomic mass is 16.5. The first-order valence-electron chi connectivity index (χ1n) is 7.71. The Morgan fingerprint density at radius 3 is 3.04 bits per heavy atom. The first-order valence-corrected chi connectivity index (χ1v) is 7.71. The van der Waals surface area contributed by atoms with Gasteiger partial charge in [0, 0.05) is 12.2 Å². The van der Waals surface area contributed by atoms with E-state index in [0.29, 0.717) is 24.0 Å². The molecule has 1 atom stereocenters. The highest BCUT2D eigenvalue weighted by Gasteiger charge is 2.19. The standard InChI is InChI=1S/C16H17N5O2/c1-11-5-2-3-7-13(11)15-17-16(23-19-15)14-10-21(20-18-14)9-12-6-4-8-22-12/h2-3,5,7,10,12H,4,6,8-9H2,1H3. The van der Waals surface area contributed by atoms with Gasteiger partial charge in [0.15, 0.2) is 5.69 Å². The summed E-state index contributed by atoms with van der Waals surface area (Å²) in [6, 6.07) is 7.92. The van der Waals surface area contributed by atoms with Crippen molar-refractivity contribution in [3.8, 4) is 23.0 Å². The monoisotopic (exact) mass is 311 g/mol. The first kappa shape index (κ1) is 14.1. The average molecular weight is 311 g/mol. The molecule has 0 radical (unpaired) electrons. The van der Waals surface area contributed by atoms with Crippen molar-refractivity contribution < 1.29 is 9.26 Å². The molecule has 7 nitrogen and oxygen atoms in total. The number of nitrogens with zero attached hydrogens (tertiary/aromatic N) is 5. The summed E-state index contributed by atoms with van der Waals surface area (Å²) in [4.78, 5) is 4.43. The van der Waals surface area contributed by atoms with Crippen LogP contribution < -0.4 is 0 Å². The van der Waals surface area contributed by atoms with Crippen molar-refractivity contribution in [2.24, 2.45) is 0 Å². The number of aromatic nitrogens is 5. The van der Waals surface area contributed by atoms with Crippen molar-refractivity contribution in [1.29, 1.82) is 0 Å². The van der Waals surface area contributed by atoms with Crippen LogP contribution >= 0.6 is 0 Å². The van der Waals surface area contributed by atoms with Gasteiger partial charge in [0.1, 0.15) is 0 Å². The van der Waals surface area contributed by atoms with E-state index in [0.717, 1.165) is 30.6 Å². The largest absolute Gasteiger partial charge is 0.376 e. The summed E-state index contributed by atoms with van der Waals surface area (Å²) in [6.07, 6.45) is 4.20. The molecule has 1 fully saturated rings. The molecule has 1 unspecified atom stereocenters. The van der Waals surface area contributed by atoms with E-state index in [1.165, 1.54) is 0 Å². The van der Waals surface area contributed by atoms with Gasteiger partial charge in [-0.2, -0.15) is 4.98 Å². The van der Waals surface area contributed by atoms with Crippen LogP contribution in [0.25, 0.3) is 23.0 Å². The minimum absolute atomic E-state index is 0.217. The molecule has 1 saturated heterocycles. The fourth-order valence-corrected chi connectivity index (χ4v) is 2.74. The van der Waals surface area contributed by atoms with Gasteiger partial charge >= 0.3 is 0 Å². The zero-order chi connectivity index (χ0) is 15.6. The van der Waals surface area contributed by atoms with Crippen molar-refractivity contribution in [3.05, 3.63) is 36.0 Å². The second-order valence-electron chi connectivity index (χ2n) is 5.70. The van der Waals surface area contributed by atoms with Gasteiger partial charge in [0.05, 0.1) is 18.8 Å². The molecule has 1 aliphatic rings. The fraction of sp³-hybridized carbons (Fsp3) is 0.375. The lowest BCUT2D eigenvalue weighted by atomic mass is 10.1. The Morgan fingerprint density at radius 2 is 2.22 bits per heavy atom. The molecule has 0 bridgehead atoms. The Kier molecular flexibility index (Phi) is 3.63. The van der Waals surface area contributed by atoms with Crippen LogP contribution in [0.2, 0.25) is 0 Å². The van der Waals surface area contributed by atoms with Gasteiger partial charge in [-0.1, -0.05) is 34.6 Å². The van der Waals surface area contributed by atoms with Crippen LogP contribution in [0.4, 0.5) is 0 Å². The summed E-state index contributed by atoms with van der Waals surface area (Å²) >= 11 is 0. The summed E-state index contributed by atoms with van der Waals surface area (Å²) in [6.45, 7) is 3.55. The molecule has 1 aliphatic heterocycles. The number of aryl methyl sites for hydroxylation is 1. The first-order chi connectivity index (χ1) is 11.3. The Balaban J connectivity index is 1.55. The van der Waals surface area contributed by atoms with Crippen LogP contribution in [0.3, 0.4) is 0 Å². The van der Waals surface area contributed by atoms with Crippen molar-refractivity contribution in [3.63, 3.8) is 0 Å². The normalized spacial score (nSPS) is 17.7. The number of benzene rings is 1. The lowest BCUT2D eigenvalue weighted by Gasteiger charge is -2.07. The van der Waals surface area contributed by atoms with E-state index < -0.39 is 0 Å². The molecule has 118 valence electrons. The Labute approximate surface area is 133 Å². The molecule has 0 amide bonds. The quantitative estimate of drug-likeness (QED) is 0.736. The summed E-state index contributed by atoms with van der Waals surface area (Å²) in [7, 11) is 0. The molecule has 23 heavy (non-hydrogen) atoms. The molecule has 4 rings (SSSR count). The fourth-order valence-electron chi connectivity index (χ4n) is 2.74. The maximum absolute atomic E-state index is 5.61. The molecule has 0 aliphatic carbocycles. The summed E-state index contributed by atoms with van der Waals surface area (Å²) < 4.78 is 12.7. The zero-order valence-electron chi connectivity index (χ0n) is 12.8. The van der Waals surface area contributed by atoms with E-state index in [2.05, 4.69) is 20.5 Å². The van der Waals surface area contributed by atoms with Gasteiger partial charge in [-0.05, 0) is 25.3 Å². The third-order valence-corrected chi connectivity index (χ3v) is 3.98. The van der Waals surface area contributed by atoms with Crippen molar-refractivity contribution in [1.82, 2.24) is 25.1 Å². The molecular formula is C16H17N5O2. The summed E-state index contributed by atoms with van der Waals surface area (Å²) in [5.74, 6) is 0.939. The molecule has 0 saturated carbocycles. The highest BCUT2D eigenvalue weighted by Crippen LogP contribution is 2.23. The van der Waals surface area contributed by atoms with Crippen LogP contribution in [-0.4, -0.2) is 37.8 Å². The molecular weight excluding hydrogens is 294 g/mol. The van der Waals surface area contributed by atoms with Gasteiger partial charge < -0.3 is 9.26 Å².